The van der Waals surface area contributed by atoms with Gasteiger partial charge >= 0.3 is 0 Å². The SMILES string of the molecule is O=C(c1ccc(N2CCOCC2)s1)c1cnc(N2CCOCC2)s1. The van der Waals surface area contributed by atoms with Crippen LogP contribution in [0.2, 0.25) is 0 Å². The third kappa shape index (κ3) is 3.32. The quantitative estimate of drug-likeness (QED) is 0.774. The standard InChI is InChI=1S/C16H19N3O3S2/c20-15(12-1-2-14(23-12)18-3-7-21-8-4-18)13-11-17-16(24-13)19-5-9-22-10-6-19/h1-2,11H,3-10H2. The number of aromatic nitrogens is 1. The number of ketones is 1. The van der Waals surface area contributed by atoms with E-state index in [0.717, 1.165) is 67.6 Å². The third-order valence-electron chi connectivity index (χ3n) is 4.14. The van der Waals surface area contributed by atoms with Crippen molar-refractivity contribution in [1.29, 1.82) is 0 Å². The first kappa shape index (κ1) is 16.0. The van der Waals surface area contributed by atoms with E-state index in [9.17, 15) is 4.79 Å². The third-order valence-corrected chi connectivity index (χ3v) is 6.34. The smallest absolute Gasteiger partial charge is 0.214 e. The Labute approximate surface area is 148 Å². The van der Waals surface area contributed by atoms with E-state index in [1.807, 2.05) is 12.1 Å². The van der Waals surface area contributed by atoms with Crippen molar-refractivity contribution in [3.8, 4) is 0 Å². The van der Waals surface area contributed by atoms with Crippen molar-refractivity contribution in [2.24, 2.45) is 0 Å². The van der Waals surface area contributed by atoms with Crippen molar-refractivity contribution in [3.63, 3.8) is 0 Å². The second-order valence-corrected chi connectivity index (χ2v) is 7.74. The number of morpholine rings is 2. The molecule has 2 aromatic rings. The molecule has 0 saturated carbocycles. The Balaban J connectivity index is 1.47. The highest BCUT2D eigenvalue weighted by molar-refractivity contribution is 7.21. The van der Waals surface area contributed by atoms with Gasteiger partial charge in [0.1, 0.15) is 0 Å². The van der Waals surface area contributed by atoms with Crippen LogP contribution in [-0.2, 0) is 9.47 Å². The predicted molar refractivity (Wildman–Crippen MR) is 95.9 cm³/mol. The lowest BCUT2D eigenvalue weighted by molar-refractivity contribution is 0.104. The number of thiophene rings is 1. The molecule has 2 saturated heterocycles. The Bertz CT molecular complexity index is 645. The summed E-state index contributed by atoms with van der Waals surface area (Å²) >= 11 is 3.02. The summed E-state index contributed by atoms with van der Waals surface area (Å²) in [6.07, 6.45) is 1.70. The minimum atomic E-state index is 0.0662. The second-order valence-electron chi connectivity index (χ2n) is 5.67. The maximum atomic E-state index is 12.7. The lowest BCUT2D eigenvalue weighted by Crippen LogP contribution is -2.36. The summed E-state index contributed by atoms with van der Waals surface area (Å²) < 4.78 is 10.7. The van der Waals surface area contributed by atoms with Crippen molar-refractivity contribution in [2.75, 3.05) is 62.4 Å². The van der Waals surface area contributed by atoms with E-state index in [1.54, 1.807) is 17.5 Å². The van der Waals surface area contributed by atoms with Gasteiger partial charge in [-0.25, -0.2) is 4.98 Å². The summed E-state index contributed by atoms with van der Waals surface area (Å²) in [7, 11) is 0. The van der Waals surface area contributed by atoms with Gasteiger partial charge in [0.05, 0.1) is 47.4 Å². The van der Waals surface area contributed by atoms with Crippen LogP contribution in [0.3, 0.4) is 0 Å². The van der Waals surface area contributed by atoms with Gasteiger partial charge in [-0.15, -0.1) is 11.3 Å². The van der Waals surface area contributed by atoms with Gasteiger partial charge in [-0.2, -0.15) is 0 Å². The molecule has 8 heteroatoms. The van der Waals surface area contributed by atoms with Gasteiger partial charge in [0.15, 0.2) is 5.13 Å². The van der Waals surface area contributed by atoms with Crippen molar-refractivity contribution < 1.29 is 14.3 Å². The largest absolute Gasteiger partial charge is 0.378 e. The molecule has 0 aromatic carbocycles. The number of hydrogen-bond acceptors (Lipinski definition) is 8. The zero-order valence-electron chi connectivity index (χ0n) is 13.3. The molecule has 0 amide bonds. The Kier molecular flexibility index (Phi) is 4.79. The van der Waals surface area contributed by atoms with Crippen LogP contribution < -0.4 is 9.80 Å². The van der Waals surface area contributed by atoms with Gasteiger partial charge in [-0.3, -0.25) is 4.79 Å². The first-order valence-corrected chi connectivity index (χ1v) is 9.70. The summed E-state index contributed by atoms with van der Waals surface area (Å²) in [5.41, 5.74) is 0. The summed E-state index contributed by atoms with van der Waals surface area (Å²) in [6.45, 7) is 6.37. The van der Waals surface area contributed by atoms with E-state index in [-0.39, 0.29) is 5.78 Å². The summed E-state index contributed by atoms with van der Waals surface area (Å²) in [5, 5.41) is 2.05. The molecule has 128 valence electrons. The number of ether oxygens (including phenoxy) is 2. The van der Waals surface area contributed by atoms with Gasteiger partial charge in [-0.1, -0.05) is 11.3 Å². The Hall–Kier alpha value is -1.48. The topological polar surface area (TPSA) is 54.9 Å². The summed E-state index contributed by atoms with van der Waals surface area (Å²) in [5.74, 6) is 0.0662. The number of nitrogens with zero attached hydrogens (tertiary/aromatic N) is 3. The molecule has 4 rings (SSSR count). The molecule has 6 nitrogen and oxygen atoms in total. The van der Waals surface area contributed by atoms with Gasteiger partial charge in [0.2, 0.25) is 5.78 Å². The van der Waals surface area contributed by atoms with E-state index in [2.05, 4.69) is 14.8 Å². The molecule has 0 N–H and O–H groups in total. The van der Waals surface area contributed by atoms with E-state index < -0.39 is 0 Å². The molecule has 0 spiro atoms. The molecule has 4 heterocycles. The van der Waals surface area contributed by atoms with Crippen LogP contribution in [0.4, 0.5) is 10.1 Å². The number of carbonyl (C=O) groups excluding carboxylic acids is 1. The molecule has 2 fully saturated rings. The molecule has 24 heavy (non-hydrogen) atoms. The number of thiazole rings is 1. The maximum absolute atomic E-state index is 12.7. The highest BCUT2D eigenvalue weighted by Gasteiger charge is 2.21. The van der Waals surface area contributed by atoms with Crippen LogP contribution >= 0.6 is 22.7 Å². The van der Waals surface area contributed by atoms with E-state index in [1.165, 1.54) is 11.3 Å². The highest BCUT2D eigenvalue weighted by atomic mass is 32.1. The van der Waals surface area contributed by atoms with E-state index in [0.29, 0.717) is 4.88 Å². The Morgan fingerprint density at radius 1 is 0.917 bits per heavy atom. The normalized spacial score (nSPS) is 18.8. The van der Waals surface area contributed by atoms with Crippen molar-refractivity contribution in [3.05, 3.63) is 28.1 Å². The average Bonchev–Trinajstić information content (AvgIpc) is 3.33. The number of rotatable bonds is 4. The summed E-state index contributed by atoms with van der Waals surface area (Å²) in [6, 6.07) is 3.96. The molecule has 0 unspecified atom stereocenters. The zero-order valence-corrected chi connectivity index (χ0v) is 14.9. The minimum Gasteiger partial charge on any atom is -0.378 e. The lowest BCUT2D eigenvalue weighted by Gasteiger charge is -2.27. The van der Waals surface area contributed by atoms with Crippen LogP contribution in [0.25, 0.3) is 0 Å². The summed E-state index contributed by atoms with van der Waals surface area (Å²) in [4.78, 5) is 23.1. The van der Waals surface area contributed by atoms with Crippen LogP contribution in [0.1, 0.15) is 14.5 Å². The van der Waals surface area contributed by atoms with Crippen LogP contribution in [0.5, 0.6) is 0 Å². The molecule has 2 aliphatic rings. The van der Waals surface area contributed by atoms with Crippen LogP contribution in [-0.4, -0.2) is 63.4 Å². The van der Waals surface area contributed by atoms with Crippen molar-refractivity contribution >= 4 is 38.6 Å². The molecule has 0 bridgehead atoms. The fourth-order valence-electron chi connectivity index (χ4n) is 2.80. The molecule has 0 atom stereocenters. The first-order valence-electron chi connectivity index (χ1n) is 8.07. The molecule has 0 radical (unpaired) electrons. The predicted octanol–water partition coefficient (Wildman–Crippen LogP) is 2.11. The molecular weight excluding hydrogens is 346 g/mol. The van der Waals surface area contributed by atoms with E-state index in [4.69, 9.17) is 9.47 Å². The Morgan fingerprint density at radius 3 is 2.29 bits per heavy atom. The molecule has 2 aromatic heterocycles. The maximum Gasteiger partial charge on any atom is 0.214 e. The fraction of sp³-hybridized carbons (Fsp3) is 0.500. The van der Waals surface area contributed by atoms with E-state index >= 15 is 0 Å². The fourth-order valence-corrected chi connectivity index (χ4v) is 4.79. The molecule has 2 aliphatic heterocycles. The lowest BCUT2D eigenvalue weighted by atomic mass is 10.3. The van der Waals surface area contributed by atoms with Crippen LogP contribution in [0, 0.1) is 0 Å². The molecular formula is C16H19N3O3S2. The number of carbonyl (C=O) groups is 1. The first-order chi connectivity index (χ1) is 11.8. The van der Waals surface area contributed by atoms with Crippen LogP contribution in [0.15, 0.2) is 18.3 Å². The molecule has 0 aliphatic carbocycles. The zero-order chi connectivity index (χ0) is 16.4. The van der Waals surface area contributed by atoms with Gasteiger partial charge in [0, 0.05) is 26.2 Å². The Morgan fingerprint density at radius 2 is 1.58 bits per heavy atom. The van der Waals surface area contributed by atoms with Gasteiger partial charge in [0.25, 0.3) is 0 Å². The van der Waals surface area contributed by atoms with Crippen molar-refractivity contribution in [2.45, 2.75) is 0 Å². The van der Waals surface area contributed by atoms with Crippen molar-refractivity contribution in [1.82, 2.24) is 4.98 Å². The average molecular weight is 365 g/mol. The second kappa shape index (κ2) is 7.18. The highest BCUT2D eigenvalue weighted by Crippen LogP contribution is 2.31. The minimum absolute atomic E-state index is 0.0662. The number of hydrogen-bond donors (Lipinski definition) is 0. The van der Waals surface area contributed by atoms with Gasteiger partial charge in [-0.05, 0) is 12.1 Å². The van der Waals surface area contributed by atoms with Gasteiger partial charge < -0.3 is 19.3 Å². The monoisotopic (exact) mass is 365 g/mol. The number of anilines is 2.